The van der Waals surface area contributed by atoms with Gasteiger partial charge in [0.25, 0.3) is 0 Å². The van der Waals surface area contributed by atoms with Gasteiger partial charge in [0.2, 0.25) is 0 Å². The maximum atomic E-state index is 12.9. The van der Waals surface area contributed by atoms with Crippen LogP contribution in [0.1, 0.15) is 16.1 Å². The van der Waals surface area contributed by atoms with Crippen LogP contribution in [0.25, 0.3) is 0 Å². The second-order valence-electron chi connectivity index (χ2n) is 4.58. The number of halogens is 1. The fraction of sp³-hybridized carbons (Fsp3) is 0.200. The summed E-state index contributed by atoms with van der Waals surface area (Å²) in [6.07, 6.45) is 0. The SMILES string of the molecule is COC(=O)c1ccc(N)c(N(C)Cc2ccc(F)cc2)n1. The molecule has 0 saturated heterocycles. The van der Waals surface area contributed by atoms with Gasteiger partial charge >= 0.3 is 5.97 Å². The first kappa shape index (κ1) is 14.8. The molecule has 1 heterocycles. The molecule has 0 fully saturated rings. The molecule has 110 valence electrons. The fourth-order valence-electron chi connectivity index (χ4n) is 1.92. The summed E-state index contributed by atoms with van der Waals surface area (Å²) >= 11 is 0. The monoisotopic (exact) mass is 289 g/mol. The Morgan fingerprint density at radius 2 is 1.95 bits per heavy atom. The van der Waals surface area contributed by atoms with Crippen molar-refractivity contribution in [3.63, 3.8) is 0 Å². The molecule has 0 bridgehead atoms. The Hall–Kier alpha value is -2.63. The van der Waals surface area contributed by atoms with Gasteiger partial charge in [-0.3, -0.25) is 0 Å². The highest BCUT2D eigenvalue weighted by molar-refractivity contribution is 5.88. The number of hydrogen-bond acceptors (Lipinski definition) is 5. The Morgan fingerprint density at radius 3 is 2.57 bits per heavy atom. The number of pyridine rings is 1. The Kier molecular flexibility index (Phi) is 4.37. The van der Waals surface area contributed by atoms with Crippen LogP contribution in [0.15, 0.2) is 36.4 Å². The molecule has 0 aliphatic carbocycles. The molecule has 2 rings (SSSR count). The van der Waals surface area contributed by atoms with Crippen LogP contribution < -0.4 is 10.6 Å². The molecule has 0 saturated carbocycles. The van der Waals surface area contributed by atoms with E-state index < -0.39 is 5.97 Å². The third kappa shape index (κ3) is 3.47. The smallest absolute Gasteiger partial charge is 0.356 e. The number of benzene rings is 1. The van der Waals surface area contributed by atoms with Crippen LogP contribution >= 0.6 is 0 Å². The summed E-state index contributed by atoms with van der Waals surface area (Å²) in [6.45, 7) is 0.488. The summed E-state index contributed by atoms with van der Waals surface area (Å²) in [7, 11) is 3.09. The van der Waals surface area contributed by atoms with Crippen LogP contribution in [0.2, 0.25) is 0 Å². The predicted molar refractivity (Wildman–Crippen MR) is 78.5 cm³/mol. The van der Waals surface area contributed by atoms with Crippen LogP contribution in [0.3, 0.4) is 0 Å². The van der Waals surface area contributed by atoms with E-state index in [-0.39, 0.29) is 11.5 Å². The van der Waals surface area contributed by atoms with E-state index in [1.165, 1.54) is 25.3 Å². The third-order valence-corrected chi connectivity index (χ3v) is 2.99. The van der Waals surface area contributed by atoms with E-state index in [1.54, 1.807) is 30.1 Å². The van der Waals surface area contributed by atoms with Gasteiger partial charge in [0.1, 0.15) is 5.82 Å². The first-order valence-corrected chi connectivity index (χ1v) is 6.31. The van der Waals surface area contributed by atoms with Crippen LogP contribution in [0.4, 0.5) is 15.9 Å². The number of ether oxygens (including phenoxy) is 1. The van der Waals surface area contributed by atoms with E-state index in [1.807, 2.05) is 0 Å². The zero-order valence-corrected chi connectivity index (χ0v) is 11.8. The van der Waals surface area contributed by atoms with E-state index >= 15 is 0 Å². The molecule has 5 nitrogen and oxygen atoms in total. The van der Waals surface area contributed by atoms with Gasteiger partial charge in [-0.05, 0) is 29.8 Å². The van der Waals surface area contributed by atoms with Gasteiger partial charge in [0.05, 0.1) is 12.8 Å². The zero-order valence-electron chi connectivity index (χ0n) is 11.8. The molecule has 6 heteroatoms. The van der Waals surface area contributed by atoms with Gasteiger partial charge in [-0.15, -0.1) is 0 Å². The minimum absolute atomic E-state index is 0.188. The van der Waals surface area contributed by atoms with E-state index in [0.717, 1.165) is 5.56 Å². The Labute approximate surface area is 122 Å². The average molecular weight is 289 g/mol. The van der Waals surface area contributed by atoms with E-state index in [4.69, 9.17) is 5.73 Å². The van der Waals surface area contributed by atoms with Gasteiger partial charge in [-0.2, -0.15) is 0 Å². The number of anilines is 2. The summed E-state index contributed by atoms with van der Waals surface area (Å²) in [5.74, 6) is -0.333. The molecule has 0 aliphatic heterocycles. The van der Waals surface area contributed by atoms with Crippen molar-refractivity contribution < 1.29 is 13.9 Å². The van der Waals surface area contributed by atoms with Crippen LogP contribution in [0.5, 0.6) is 0 Å². The van der Waals surface area contributed by atoms with Crippen molar-refractivity contribution in [1.29, 1.82) is 0 Å². The minimum Gasteiger partial charge on any atom is -0.464 e. The summed E-state index contributed by atoms with van der Waals surface area (Å²) in [4.78, 5) is 17.5. The third-order valence-electron chi connectivity index (χ3n) is 2.99. The number of nitrogens with two attached hydrogens (primary N) is 1. The summed E-state index contributed by atoms with van der Waals surface area (Å²) in [5.41, 5.74) is 7.44. The van der Waals surface area contributed by atoms with Crippen molar-refractivity contribution >= 4 is 17.5 Å². The largest absolute Gasteiger partial charge is 0.464 e. The lowest BCUT2D eigenvalue weighted by molar-refractivity contribution is 0.0594. The first-order chi connectivity index (χ1) is 10.0. The highest BCUT2D eigenvalue weighted by Crippen LogP contribution is 2.21. The summed E-state index contributed by atoms with van der Waals surface area (Å²) < 4.78 is 17.5. The molecule has 0 amide bonds. The number of carbonyl (C=O) groups excluding carboxylic acids is 1. The maximum Gasteiger partial charge on any atom is 0.356 e. The van der Waals surface area contributed by atoms with Crippen LogP contribution in [0, 0.1) is 5.82 Å². The molecule has 0 unspecified atom stereocenters. The van der Waals surface area contributed by atoms with Crippen molar-refractivity contribution in [3.05, 3.63) is 53.5 Å². The summed E-state index contributed by atoms with van der Waals surface area (Å²) in [6, 6.07) is 9.28. The number of nitrogen functional groups attached to an aromatic ring is 1. The average Bonchev–Trinajstić information content (AvgIpc) is 2.49. The molecule has 0 aliphatic rings. The number of rotatable bonds is 4. The molecule has 1 aromatic heterocycles. The van der Waals surface area contributed by atoms with Crippen molar-refractivity contribution in [2.45, 2.75) is 6.54 Å². The number of nitrogens with zero attached hydrogens (tertiary/aromatic N) is 2. The number of carbonyl (C=O) groups is 1. The normalized spacial score (nSPS) is 10.2. The lowest BCUT2D eigenvalue weighted by Crippen LogP contribution is -2.20. The van der Waals surface area contributed by atoms with Crippen LogP contribution in [-0.4, -0.2) is 25.1 Å². The lowest BCUT2D eigenvalue weighted by atomic mass is 10.2. The van der Waals surface area contributed by atoms with Gasteiger partial charge in [0.15, 0.2) is 11.5 Å². The zero-order chi connectivity index (χ0) is 15.4. The molecule has 2 aromatic rings. The Morgan fingerprint density at radius 1 is 1.29 bits per heavy atom. The molecular weight excluding hydrogens is 273 g/mol. The van der Waals surface area contributed by atoms with Gasteiger partial charge in [0, 0.05) is 13.6 Å². The Bertz CT molecular complexity index is 644. The van der Waals surface area contributed by atoms with Gasteiger partial charge in [-0.1, -0.05) is 12.1 Å². The topological polar surface area (TPSA) is 68.5 Å². The maximum absolute atomic E-state index is 12.9. The summed E-state index contributed by atoms with van der Waals surface area (Å²) in [5, 5.41) is 0. The minimum atomic E-state index is -0.522. The van der Waals surface area contributed by atoms with Crippen molar-refractivity contribution in [2.24, 2.45) is 0 Å². The predicted octanol–water partition coefficient (Wildman–Crippen LogP) is 2.23. The lowest BCUT2D eigenvalue weighted by Gasteiger charge is -2.20. The van der Waals surface area contributed by atoms with Gasteiger partial charge in [-0.25, -0.2) is 14.2 Å². The van der Waals surface area contributed by atoms with Crippen molar-refractivity contribution in [2.75, 3.05) is 24.8 Å². The van der Waals surface area contributed by atoms with Gasteiger partial charge < -0.3 is 15.4 Å². The van der Waals surface area contributed by atoms with E-state index in [9.17, 15) is 9.18 Å². The van der Waals surface area contributed by atoms with Crippen molar-refractivity contribution in [1.82, 2.24) is 4.98 Å². The molecule has 2 N–H and O–H groups in total. The number of esters is 1. The number of aromatic nitrogens is 1. The fourth-order valence-corrected chi connectivity index (χ4v) is 1.92. The second-order valence-corrected chi connectivity index (χ2v) is 4.58. The molecule has 0 radical (unpaired) electrons. The quantitative estimate of drug-likeness (QED) is 0.874. The molecule has 21 heavy (non-hydrogen) atoms. The number of methoxy groups -OCH3 is 1. The molecular formula is C15H16FN3O2. The van der Waals surface area contributed by atoms with E-state index in [2.05, 4.69) is 9.72 Å². The Balaban J connectivity index is 2.23. The van der Waals surface area contributed by atoms with Crippen LogP contribution in [-0.2, 0) is 11.3 Å². The molecule has 0 atom stereocenters. The van der Waals surface area contributed by atoms with Crippen molar-refractivity contribution in [3.8, 4) is 0 Å². The standard InChI is InChI=1S/C15H16FN3O2/c1-19(9-10-3-5-11(16)6-4-10)14-12(17)7-8-13(18-14)15(20)21-2/h3-8H,9,17H2,1-2H3. The van der Waals surface area contributed by atoms with E-state index in [0.29, 0.717) is 18.1 Å². The second kappa shape index (κ2) is 6.21. The number of hydrogen-bond donors (Lipinski definition) is 1. The highest BCUT2D eigenvalue weighted by Gasteiger charge is 2.13. The highest BCUT2D eigenvalue weighted by atomic mass is 19.1. The first-order valence-electron chi connectivity index (χ1n) is 6.31. The molecule has 1 aromatic carbocycles. The molecule has 0 spiro atoms.